The van der Waals surface area contributed by atoms with Gasteiger partial charge in [0.05, 0.1) is 16.0 Å². The highest BCUT2D eigenvalue weighted by molar-refractivity contribution is 6.33. The average molecular weight is 360 g/mol. The number of benzene rings is 2. The fraction of sp³-hybridized carbons (Fsp3) is 0.263. The van der Waals surface area contributed by atoms with E-state index in [0.717, 1.165) is 5.56 Å². The molecule has 25 heavy (non-hydrogen) atoms. The molecule has 0 atom stereocenters. The second-order valence-corrected chi connectivity index (χ2v) is 6.42. The highest BCUT2D eigenvalue weighted by Crippen LogP contribution is 2.36. The molecule has 1 amide bonds. The van der Waals surface area contributed by atoms with Crippen LogP contribution in [0.25, 0.3) is 0 Å². The zero-order chi connectivity index (χ0) is 17.9. The highest BCUT2D eigenvalue weighted by Gasteiger charge is 2.41. The average Bonchev–Trinajstić information content (AvgIpc) is 2.64. The van der Waals surface area contributed by atoms with Gasteiger partial charge >= 0.3 is 5.97 Å². The predicted molar refractivity (Wildman–Crippen MR) is 95.2 cm³/mol. The van der Waals surface area contributed by atoms with E-state index in [9.17, 15) is 14.7 Å². The third-order valence-corrected chi connectivity index (χ3v) is 4.89. The van der Waals surface area contributed by atoms with Crippen LogP contribution in [0, 0.1) is 0 Å². The lowest BCUT2D eigenvalue weighted by atomic mass is 9.73. The van der Waals surface area contributed by atoms with E-state index < -0.39 is 11.4 Å². The maximum Gasteiger partial charge on any atom is 0.337 e. The van der Waals surface area contributed by atoms with Gasteiger partial charge in [0.15, 0.2) is 0 Å². The molecule has 1 aliphatic rings. The first-order chi connectivity index (χ1) is 12.0. The van der Waals surface area contributed by atoms with E-state index in [2.05, 4.69) is 5.32 Å². The Hall–Kier alpha value is -2.37. The minimum absolute atomic E-state index is 0.0415. The number of carbonyl (C=O) groups excluding carboxylic acids is 1. The van der Waals surface area contributed by atoms with Crippen molar-refractivity contribution >= 4 is 29.2 Å². The van der Waals surface area contributed by atoms with Crippen molar-refractivity contribution in [3.63, 3.8) is 0 Å². The zero-order valence-corrected chi connectivity index (χ0v) is 14.3. The van der Waals surface area contributed by atoms with Gasteiger partial charge in [-0.05, 0) is 36.6 Å². The highest BCUT2D eigenvalue weighted by atomic mass is 35.5. The third kappa shape index (κ3) is 3.52. The van der Waals surface area contributed by atoms with E-state index in [4.69, 9.17) is 16.3 Å². The van der Waals surface area contributed by atoms with Crippen LogP contribution in [0.1, 0.15) is 28.8 Å². The van der Waals surface area contributed by atoms with Gasteiger partial charge in [0.1, 0.15) is 0 Å². The third-order valence-electron chi connectivity index (χ3n) is 4.56. The summed E-state index contributed by atoms with van der Waals surface area (Å²) in [6.45, 7) is 1.01. The van der Waals surface area contributed by atoms with Gasteiger partial charge in [-0.1, -0.05) is 41.9 Å². The van der Waals surface area contributed by atoms with E-state index in [-0.39, 0.29) is 16.5 Å². The Labute approximate surface area is 150 Å². The number of aromatic carboxylic acids is 1. The van der Waals surface area contributed by atoms with Gasteiger partial charge in [-0.3, -0.25) is 4.79 Å². The van der Waals surface area contributed by atoms with Gasteiger partial charge in [-0.2, -0.15) is 0 Å². The van der Waals surface area contributed by atoms with Gasteiger partial charge in [0.25, 0.3) is 0 Å². The first kappa shape index (κ1) is 17.5. The first-order valence-corrected chi connectivity index (χ1v) is 8.38. The predicted octanol–water partition coefficient (Wildman–Crippen LogP) is 3.73. The van der Waals surface area contributed by atoms with Crippen molar-refractivity contribution in [3.8, 4) is 0 Å². The molecule has 0 bridgehead atoms. The number of carboxylic acids is 1. The summed E-state index contributed by atoms with van der Waals surface area (Å²) in [6.07, 6.45) is 1.14. The Bertz CT molecular complexity index is 785. The fourth-order valence-corrected chi connectivity index (χ4v) is 3.34. The molecule has 2 aromatic rings. The standard InChI is InChI=1S/C19H18ClNO4/c20-16-7-6-14(12-15(16)17(22)23)21-18(24)19(8-10-25-11-9-19)13-4-2-1-3-5-13/h1-7,12H,8-11H2,(H,21,24)(H,22,23). The largest absolute Gasteiger partial charge is 0.478 e. The van der Waals surface area contributed by atoms with Gasteiger partial charge < -0.3 is 15.2 Å². The molecule has 6 heteroatoms. The number of nitrogens with one attached hydrogen (secondary N) is 1. The second-order valence-electron chi connectivity index (χ2n) is 6.01. The Morgan fingerprint density at radius 3 is 2.40 bits per heavy atom. The Morgan fingerprint density at radius 1 is 1.08 bits per heavy atom. The summed E-state index contributed by atoms with van der Waals surface area (Å²) in [5, 5.41) is 12.2. The summed E-state index contributed by atoms with van der Waals surface area (Å²) in [5.74, 6) is -1.30. The molecule has 1 heterocycles. The molecule has 1 aliphatic heterocycles. The molecule has 2 N–H and O–H groups in total. The van der Waals surface area contributed by atoms with Crippen LogP contribution in [0.5, 0.6) is 0 Å². The molecular weight excluding hydrogens is 342 g/mol. The molecule has 0 unspecified atom stereocenters. The van der Waals surface area contributed by atoms with E-state index in [1.165, 1.54) is 12.1 Å². The number of anilines is 1. The van der Waals surface area contributed by atoms with Crippen LogP contribution >= 0.6 is 11.6 Å². The molecule has 1 fully saturated rings. The van der Waals surface area contributed by atoms with Gasteiger partial charge in [-0.25, -0.2) is 4.79 Å². The summed E-state index contributed by atoms with van der Waals surface area (Å²) in [7, 11) is 0. The molecule has 3 rings (SSSR count). The number of amides is 1. The normalized spacial score (nSPS) is 16.2. The lowest BCUT2D eigenvalue weighted by Gasteiger charge is -2.36. The summed E-state index contributed by atoms with van der Waals surface area (Å²) in [5.41, 5.74) is 0.611. The number of halogens is 1. The lowest BCUT2D eigenvalue weighted by Crippen LogP contribution is -2.44. The van der Waals surface area contributed by atoms with Crippen molar-refractivity contribution in [3.05, 3.63) is 64.7 Å². The summed E-state index contributed by atoms with van der Waals surface area (Å²) in [6, 6.07) is 14.1. The van der Waals surface area contributed by atoms with Crippen molar-refractivity contribution < 1.29 is 19.4 Å². The van der Waals surface area contributed by atoms with E-state index in [1.807, 2.05) is 30.3 Å². The smallest absolute Gasteiger partial charge is 0.337 e. The molecule has 1 saturated heterocycles. The van der Waals surface area contributed by atoms with Crippen LogP contribution in [0.15, 0.2) is 48.5 Å². The van der Waals surface area contributed by atoms with E-state index in [0.29, 0.717) is 31.7 Å². The van der Waals surface area contributed by atoms with Crippen LogP contribution in [0.2, 0.25) is 5.02 Å². The molecule has 0 radical (unpaired) electrons. The monoisotopic (exact) mass is 359 g/mol. The lowest BCUT2D eigenvalue weighted by molar-refractivity contribution is -0.125. The van der Waals surface area contributed by atoms with Crippen LogP contribution in [0.4, 0.5) is 5.69 Å². The summed E-state index contributed by atoms with van der Waals surface area (Å²) in [4.78, 5) is 24.3. The number of ether oxygens (including phenoxy) is 1. The van der Waals surface area contributed by atoms with Crippen LogP contribution in [-0.4, -0.2) is 30.2 Å². The molecule has 5 nitrogen and oxygen atoms in total. The first-order valence-electron chi connectivity index (χ1n) is 8.00. The molecule has 0 spiro atoms. The minimum atomic E-state index is -1.13. The molecule has 0 aliphatic carbocycles. The van der Waals surface area contributed by atoms with Crippen LogP contribution in [0.3, 0.4) is 0 Å². The minimum Gasteiger partial charge on any atom is -0.478 e. The molecule has 130 valence electrons. The topological polar surface area (TPSA) is 75.6 Å². The van der Waals surface area contributed by atoms with Gasteiger partial charge in [0, 0.05) is 18.9 Å². The SMILES string of the molecule is O=C(O)c1cc(NC(=O)C2(c3ccccc3)CCOCC2)ccc1Cl. The number of carbonyl (C=O) groups is 2. The Morgan fingerprint density at radius 2 is 1.76 bits per heavy atom. The number of hydrogen-bond donors (Lipinski definition) is 2. The number of hydrogen-bond acceptors (Lipinski definition) is 3. The molecule has 0 aromatic heterocycles. The van der Waals surface area contributed by atoms with Crippen molar-refractivity contribution in [1.82, 2.24) is 0 Å². The van der Waals surface area contributed by atoms with Gasteiger partial charge in [-0.15, -0.1) is 0 Å². The van der Waals surface area contributed by atoms with Crippen LogP contribution < -0.4 is 5.32 Å². The molecule has 0 saturated carbocycles. The van der Waals surface area contributed by atoms with Crippen molar-refractivity contribution in [2.75, 3.05) is 18.5 Å². The van der Waals surface area contributed by atoms with Crippen molar-refractivity contribution in [2.24, 2.45) is 0 Å². The quantitative estimate of drug-likeness (QED) is 0.872. The van der Waals surface area contributed by atoms with Crippen molar-refractivity contribution in [1.29, 1.82) is 0 Å². The van der Waals surface area contributed by atoms with Gasteiger partial charge in [0.2, 0.25) is 5.91 Å². The van der Waals surface area contributed by atoms with E-state index in [1.54, 1.807) is 6.07 Å². The maximum atomic E-state index is 13.1. The van der Waals surface area contributed by atoms with E-state index >= 15 is 0 Å². The number of carboxylic acid groups (broad SMARTS) is 1. The molecular formula is C19H18ClNO4. The zero-order valence-electron chi connectivity index (χ0n) is 13.5. The van der Waals surface area contributed by atoms with Crippen molar-refractivity contribution in [2.45, 2.75) is 18.3 Å². The summed E-state index contributed by atoms with van der Waals surface area (Å²) >= 11 is 5.89. The second kappa shape index (κ2) is 7.25. The Kier molecular flexibility index (Phi) is 5.06. The summed E-state index contributed by atoms with van der Waals surface area (Å²) < 4.78 is 5.44. The maximum absolute atomic E-state index is 13.1. The molecule has 2 aromatic carbocycles. The van der Waals surface area contributed by atoms with Crippen LogP contribution in [-0.2, 0) is 14.9 Å². The fourth-order valence-electron chi connectivity index (χ4n) is 3.14. The number of rotatable bonds is 4. The Balaban J connectivity index is 1.92.